The van der Waals surface area contributed by atoms with E-state index in [2.05, 4.69) is 25.8 Å². The molecule has 3 aromatic heterocycles. The smallest absolute Gasteiger partial charge is 0.475 e. The largest absolute Gasteiger partial charge is 0.490 e. The fourth-order valence-corrected chi connectivity index (χ4v) is 3.44. The molecule has 1 saturated carbocycles. The number of aliphatic carboxylic acids is 1. The molecule has 11 nitrogen and oxygen atoms in total. The van der Waals surface area contributed by atoms with E-state index >= 15 is 0 Å². The first-order valence-corrected chi connectivity index (χ1v) is 10.6. The highest BCUT2D eigenvalue weighted by Gasteiger charge is 2.38. The Morgan fingerprint density at radius 3 is 2.56 bits per heavy atom. The molecule has 34 heavy (non-hydrogen) atoms. The van der Waals surface area contributed by atoms with Crippen LogP contribution < -0.4 is 16.4 Å². The van der Waals surface area contributed by atoms with Crippen LogP contribution in [0.2, 0.25) is 0 Å². The van der Waals surface area contributed by atoms with Gasteiger partial charge in [-0.1, -0.05) is 12.8 Å². The number of alkyl halides is 3. The summed E-state index contributed by atoms with van der Waals surface area (Å²) in [5.41, 5.74) is 8.04. The summed E-state index contributed by atoms with van der Waals surface area (Å²) in [6, 6.07) is 3.81. The Hall–Kier alpha value is -3.68. The van der Waals surface area contributed by atoms with Gasteiger partial charge in [-0.15, -0.1) is 5.10 Å². The maximum atomic E-state index is 12.7. The lowest BCUT2D eigenvalue weighted by atomic mass is 9.91. The lowest BCUT2D eigenvalue weighted by molar-refractivity contribution is -0.192. The second-order valence-corrected chi connectivity index (χ2v) is 7.68. The standard InChI is InChI=1S/C18H24N8O.C2HF3O2/c1-2-25-11-12(9-21-25)22-17(27)16-8-7-13-10-20-18(24-26(13)16)23-15-6-4-3-5-14(15)19;3-2(4,5)1(6)7/h7-11,14-15H,2-6,19H2,1H3,(H,22,27)(H,23,24);(H,6,7)/t14-,15+;/m0./s1. The van der Waals surface area contributed by atoms with Gasteiger partial charge >= 0.3 is 12.1 Å². The van der Waals surface area contributed by atoms with Crippen LogP contribution in [0.5, 0.6) is 0 Å². The first-order chi connectivity index (χ1) is 16.1. The molecule has 1 aliphatic carbocycles. The van der Waals surface area contributed by atoms with Gasteiger partial charge in [-0.25, -0.2) is 14.3 Å². The lowest BCUT2D eigenvalue weighted by Gasteiger charge is -2.29. The number of hydrogen-bond donors (Lipinski definition) is 4. The Bertz CT molecular complexity index is 1140. The maximum Gasteiger partial charge on any atom is 0.490 e. The number of aromatic nitrogens is 5. The van der Waals surface area contributed by atoms with Crippen molar-refractivity contribution in [2.24, 2.45) is 5.73 Å². The van der Waals surface area contributed by atoms with E-state index in [0.29, 0.717) is 17.3 Å². The number of nitrogens with one attached hydrogen (secondary N) is 2. The molecule has 0 aliphatic heterocycles. The molecular weight excluding hydrogens is 457 g/mol. The Morgan fingerprint density at radius 1 is 1.24 bits per heavy atom. The molecule has 0 spiro atoms. The molecule has 1 aliphatic rings. The van der Waals surface area contributed by atoms with E-state index in [1.807, 2.05) is 13.0 Å². The van der Waals surface area contributed by atoms with Crippen LogP contribution in [0.4, 0.5) is 24.8 Å². The molecule has 184 valence electrons. The Labute approximate surface area is 192 Å². The van der Waals surface area contributed by atoms with E-state index in [4.69, 9.17) is 15.6 Å². The van der Waals surface area contributed by atoms with Crippen molar-refractivity contribution in [1.29, 1.82) is 0 Å². The second kappa shape index (κ2) is 10.5. The predicted octanol–water partition coefficient (Wildman–Crippen LogP) is 2.51. The van der Waals surface area contributed by atoms with Crippen molar-refractivity contribution >= 4 is 29.0 Å². The fraction of sp³-hybridized carbons (Fsp3) is 0.450. The number of hydrogen-bond acceptors (Lipinski definition) is 7. The van der Waals surface area contributed by atoms with E-state index in [1.165, 1.54) is 0 Å². The number of nitrogens with zero attached hydrogens (tertiary/aromatic N) is 5. The third-order valence-corrected chi connectivity index (χ3v) is 5.22. The number of carboxylic acids is 1. The molecular formula is C20H25F3N8O3. The molecule has 3 heterocycles. The van der Waals surface area contributed by atoms with Crippen LogP contribution in [0.1, 0.15) is 43.1 Å². The zero-order valence-corrected chi connectivity index (χ0v) is 18.3. The van der Waals surface area contributed by atoms with E-state index in [0.717, 1.165) is 37.7 Å². The van der Waals surface area contributed by atoms with Crippen LogP contribution in [0.25, 0.3) is 5.52 Å². The van der Waals surface area contributed by atoms with Crippen molar-refractivity contribution in [3.63, 3.8) is 0 Å². The van der Waals surface area contributed by atoms with Gasteiger partial charge in [0.2, 0.25) is 5.95 Å². The monoisotopic (exact) mass is 482 g/mol. The van der Waals surface area contributed by atoms with E-state index < -0.39 is 12.1 Å². The van der Waals surface area contributed by atoms with Crippen molar-refractivity contribution in [3.8, 4) is 0 Å². The predicted molar refractivity (Wildman–Crippen MR) is 116 cm³/mol. The summed E-state index contributed by atoms with van der Waals surface area (Å²) in [5, 5.41) is 22.0. The molecule has 2 atom stereocenters. The van der Waals surface area contributed by atoms with Crippen LogP contribution in [0.3, 0.4) is 0 Å². The quantitative estimate of drug-likeness (QED) is 0.433. The number of aryl methyl sites for hydroxylation is 1. The highest BCUT2D eigenvalue weighted by atomic mass is 19.4. The van der Waals surface area contributed by atoms with Gasteiger partial charge in [0.05, 0.1) is 23.6 Å². The molecule has 14 heteroatoms. The van der Waals surface area contributed by atoms with Crippen molar-refractivity contribution < 1.29 is 27.9 Å². The minimum absolute atomic E-state index is 0.0978. The fourth-order valence-electron chi connectivity index (χ4n) is 3.44. The summed E-state index contributed by atoms with van der Waals surface area (Å²) in [5.74, 6) is -2.52. The SMILES string of the molecule is CCn1cc(NC(=O)c2ccc3cnc(N[C@@H]4CCCC[C@@H]4N)nn23)cn1.O=C(O)C(F)(F)F. The molecule has 3 aromatic rings. The number of nitrogens with two attached hydrogens (primary N) is 1. The summed E-state index contributed by atoms with van der Waals surface area (Å²) in [7, 11) is 0. The molecule has 0 bridgehead atoms. The highest BCUT2D eigenvalue weighted by molar-refractivity contribution is 6.03. The molecule has 1 amide bonds. The first kappa shape index (κ1) is 25.0. The number of amides is 1. The third kappa shape index (κ3) is 6.21. The average molecular weight is 482 g/mol. The molecule has 0 unspecified atom stereocenters. The van der Waals surface area contributed by atoms with Gasteiger partial charge in [-0.05, 0) is 31.9 Å². The molecule has 0 aromatic carbocycles. The Kier molecular flexibility index (Phi) is 7.71. The van der Waals surface area contributed by atoms with Crippen LogP contribution in [-0.4, -0.2) is 59.6 Å². The minimum atomic E-state index is -5.08. The van der Waals surface area contributed by atoms with Gasteiger partial charge < -0.3 is 21.5 Å². The topological polar surface area (TPSA) is 152 Å². The van der Waals surface area contributed by atoms with Gasteiger partial charge in [0.25, 0.3) is 5.91 Å². The summed E-state index contributed by atoms with van der Waals surface area (Å²) in [6.45, 7) is 2.73. The van der Waals surface area contributed by atoms with E-state index in [9.17, 15) is 18.0 Å². The minimum Gasteiger partial charge on any atom is -0.475 e. The second-order valence-electron chi connectivity index (χ2n) is 7.68. The lowest BCUT2D eigenvalue weighted by Crippen LogP contribution is -2.43. The number of carbonyl (C=O) groups is 2. The number of carbonyl (C=O) groups excluding carboxylic acids is 1. The Morgan fingerprint density at radius 2 is 1.94 bits per heavy atom. The van der Waals surface area contributed by atoms with Gasteiger partial charge in [0, 0.05) is 24.8 Å². The normalized spacial score (nSPS) is 18.1. The van der Waals surface area contributed by atoms with Crippen molar-refractivity contribution in [2.45, 2.75) is 57.4 Å². The Balaban J connectivity index is 0.000000406. The zero-order chi connectivity index (χ0) is 24.9. The molecule has 5 N–H and O–H groups in total. The summed E-state index contributed by atoms with van der Waals surface area (Å²) < 4.78 is 35.1. The van der Waals surface area contributed by atoms with Gasteiger partial charge in [0.15, 0.2) is 0 Å². The maximum absolute atomic E-state index is 12.7. The molecule has 0 saturated heterocycles. The van der Waals surface area contributed by atoms with Crippen LogP contribution >= 0.6 is 0 Å². The number of anilines is 2. The molecule has 4 rings (SSSR count). The van der Waals surface area contributed by atoms with Crippen molar-refractivity contribution in [1.82, 2.24) is 24.4 Å². The third-order valence-electron chi connectivity index (χ3n) is 5.22. The van der Waals surface area contributed by atoms with Crippen LogP contribution in [0.15, 0.2) is 30.7 Å². The van der Waals surface area contributed by atoms with E-state index in [-0.39, 0.29) is 18.0 Å². The zero-order valence-electron chi connectivity index (χ0n) is 18.3. The summed E-state index contributed by atoms with van der Waals surface area (Å²) in [6.07, 6.45) is 4.36. The number of halogens is 3. The van der Waals surface area contributed by atoms with Crippen molar-refractivity contribution in [2.75, 3.05) is 10.6 Å². The van der Waals surface area contributed by atoms with Gasteiger partial charge in [0.1, 0.15) is 5.69 Å². The summed E-state index contributed by atoms with van der Waals surface area (Å²) in [4.78, 5) is 25.9. The number of rotatable bonds is 5. The van der Waals surface area contributed by atoms with Crippen molar-refractivity contribution in [3.05, 3.63) is 36.4 Å². The van der Waals surface area contributed by atoms with Gasteiger partial charge in [-0.3, -0.25) is 9.48 Å². The molecule has 0 radical (unpaired) electrons. The van der Waals surface area contributed by atoms with Crippen LogP contribution in [-0.2, 0) is 11.3 Å². The average Bonchev–Trinajstić information content (AvgIpc) is 3.41. The number of fused-ring (bicyclic) bond motifs is 1. The van der Waals surface area contributed by atoms with Gasteiger partial charge in [-0.2, -0.15) is 18.3 Å². The summed E-state index contributed by atoms with van der Waals surface area (Å²) >= 11 is 0. The van der Waals surface area contributed by atoms with E-state index in [1.54, 1.807) is 33.9 Å². The van der Waals surface area contributed by atoms with Crippen LogP contribution in [0, 0.1) is 0 Å². The number of carboxylic acid groups (broad SMARTS) is 1. The molecule has 1 fully saturated rings. The highest BCUT2D eigenvalue weighted by Crippen LogP contribution is 2.20. The first-order valence-electron chi connectivity index (χ1n) is 10.6.